The molecule has 19 heavy (non-hydrogen) atoms. The summed E-state index contributed by atoms with van der Waals surface area (Å²) in [5.74, 6) is 0.361. The molecule has 1 saturated heterocycles. The van der Waals surface area contributed by atoms with Gasteiger partial charge in [0, 0.05) is 23.6 Å². The Morgan fingerprint density at radius 2 is 2.26 bits per heavy atom. The SMILES string of the molecule is CC(O)(Cc1csc2ccccc12)C1CCCNC1. The van der Waals surface area contributed by atoms with Crippen molar-refractivity contribution in [3.63, 3.8) is 0 Å². The molecule has 2 aromatic rings. The molecule has 0 radical (unpaired) electrons. The number of fused-ring (bicyclic) bond motifs is 1. The molecular weight excluding hydrogens is 254 g/mol. The van der Waals surface area contributed by atoms with Crippen molar-refractivity contribution >= 4 is 21.4 Å². The molecule has 102 valence electrons. The Kier molecular flexibility index (Phi) is 3.61. The monoisotopic (exact) mass is 275 g/mol. The minimum Gasteiger partial charge on any atom is -0.389 e. The van der Waals surface area contributed by atoms with Crippen LogP contribution in [0.15, 0.2) is 29.6 Å². The Balaban J connectivity index is 1.83. The first-order valence-electron chi connectivity index (χ1n) is 7.05. The van der Waals surface area contributed by atoms with Crippen molar-refractivity contribution in [2.75, 3.05) is 13.1 Å². The zero-order valence-corrected chi connectivity index (χ0v) is 12.2. The minimum absolute atomic E-state index is 0.361. The highest BCUT2D eigenvalue weighted by atomic mass is 32.1. The molecule has 3 rings (SSSR count). The molecule has 0 spiro atoms. The molecule has 3 heteroatoms. The number of hydrogen-bond acceptors (Lipinski definition) is 3. The molecule has 2 heterocycles. The van der Waals surface area contributed by atoms with Crippen LogP contribution in [0, 0.1) is 5.92 Å². The van der Waals surface area contributed by atoms with Crippen LogP contribution in [0.5, 0.6) is 0 Å². The fraction of sp³-hybridized carbons (Fsp3) is 0.500. The predicted octanol–water partition coefficient (Wildman–Crippen LogP) is 3.19. The molecule has 2 atom stereocenters. The van der Waals surface area contributed by atoms with Crippen molar-refractivity contribution in [1.29, 1.82) is 0 Å². The first kappa shape index (κ1) is 13.1. The number of nitrogens with one attached hydrogen (secondary N) is 1. The zero-order chi connectivity index (χ0) is 13.3. The van der Waals surface area contributed by atoms with Crippen LogP contribution in [0.4, 0.5) is 0 Å². The van der Waals surface area contributed by atoms with E-state index in [1.165, 1.54) is 22.1 Å². The van der Waals surface area contributed by atoms with Gasteiger partial charge in [-0.3, -0.25) is 0 Å². The summed E-state index contributed by atoms with van der Waals surface area (Å²) in [5, 5.41) is 17.7. The van der Waals surface area contributed by atoms with Crippen molar-refractivity contribution in [2.45, 2.75) is 31.8 Å². The fourth-order valence-corrected chi connectivity index (χ4v) is 4.05. The van der Waals surface area contributed by atoms with Gasteiger partial charge in [0.05, 0.1) is 5.60 Å². The maximum Gasteiger partial charge on any atom is 0.0700 e. The molecule has 2 nitrogen and oxygen atoms in total. The molecule has 0 amide bonds. The van der Waals surface area contributed by atoms with Crippen LogP contribution < -0.4 is 5.32 Å². The van der Waals surface area contributed by atoms with E-state index in [4.69, 9.17) is 0 Å². The lowest BCUT2D eigenvalue weighted by molar-refractivity contribution is -0.00986. The second kappa shape index (κ2) is 5.23. The van der Waals surface area contributed by atoms with E-state index in [0.29, 0.717) is 5.92 Å². The van der Waals surface area contributed by atoms with E-state index < -0.39 is 5.60 Å². The van der Waals surface area contributed by atoms with Gasteiger partial charge in [-0.05, 0) is 48.7 Å². The highest BCUT2D eigenvalue weighted by Crippen LogP contribution is 2.32. The molecular formula is C16H21NOS. The largest absolute Gasteiger partial charge is 0.389 e. The molecule has 0 bridgehead atoms. The third-order valence-electron chi connectivity index (χ3n) is 4.29. The summed E-state index contributed by atoms with van der Waals surface area (Å²) in [5.41, 5.74) is 0.674. The van der Waals surface area contributed by atoms with Crippen molar-refractivity contribution in [3.8, 4) is 0 Å². The molecule has 1 aliphatic heterocycles. The van der Waals surface area contributed by atoms with Gasteiger partial charge in [0.2, 0.25) is 0 Å². The average molecular weight is 275 g/mol. The number of benzene rings is 1. The Morgan fingerprint density at radius 3 is 3.05 bits per heavy atom. The number of aliphatic hydroxyl groups is 1. The lowest BCUT2D eigenvalue weighted by Gasteiger charge is -2.36. The Hall–Kier alpha value is -0.900. The van der Waals surface area contributed by atoms with Crippen LogP contribution in [0.1, 0.15) is 25.3 Å². The number of hydrogen-bond donors (Lipinski definition) is 2. The molecule has 1 aromatic heterocycles. The predicted molar refractivity (Wildman–Crippen MR) is 81.7 cm³/mol. The summed E-state index contributed by atoms with van der Waals surface area (Å²) in [4.78, 5) is 0. The highest BCUT2D eigenvalue weighted by Gasteiger charge is 2.33. The van der Waals surface area contributed by atoms with Crippen molar-refractivity contribution in [2.24, 2.45) is 5.92 Å². The van der Waals surface area contributed by atoms with Gasteiger partial charge in [0.15, 0.2) is 0 Å². The molecule has 1 aromatic carbocycles. The Labute approximate surface area is 118 Å². The second-order valence-electron chi connectivity index (χ2n) is 5.83. The summed E-state index contributed by atoms with van der Waals surface area (Å²) in [7, 11) is 0. The summed E-state index contributed by atoms with van der Waals surface area (Å²) in [6.07, 6.45) is 3.05. The Bertz CT molecular complexity index is 555. The average Bonchev–Trinajstić information content (AvgIpc) is 2.83. The highest BCUT2D eigenvalue weighted by molar-refractivity contribution is 7.17. The van der Waals surface area contributed by atoms with E-state index in [0.717, 1.165) is 25.9 Å². The van der Waals surface area contributed by atoms with Crippen molar-refractivity contribution in [3.05, 3.63) is 35.2 Å². The summed E-state index contributed by atoms with van der Waals surface area (Å²) in [6.45, 7) is 4.03. The van der Waals surface area contributed by atoms with Crippen LogP contribution in [-0.4, -0.2) is 23.8 Å². The lowest BCUT2D eigenvalue weighted by Crippen LogP contribution is -2.45. The molecule has 1 aliphatic rings. The molecule has 2 N–H and O–H groups in total. The van der Waals surface area contributed by atoms with Gasteiger partial charge in [-0.2, -0.15) is 0 Å². The fourth-order valence-electron chi connectivity index (χ4n) is 3.08. The standard InChI is InChI=1S/C16H21NOS/c1-16(18,13-5-4-8-17-10-13)9-12-11-19-15-7-3-2-6-14(12)15/h2-3,6-7,11,13,17-18H,4-5,8-10H2,1H3. The molecule has 2 unspecified atom stereocenters. The van der Waals surface area contributed by atoms with Crippen LogP contribution in [0.25, 0.3) is 10.1 Å². The van der Waals surface area contributed by atoms with Gasteiger partial charge in [0.1, 0.15) is 0 Å². The topological polar surface area (TPSA) is 32.3 Å². The van der Waals surface area contributed by atoms with E-state index >= 15 is 0 Å². The molecule has 1 fully saturated rings. The zero-order valence-electron chi connectivity index (χ0n) is 11.4. The quantitative estimate of drug-likeness (QED) is 0.901. The van der Waals surface area contributed by atoms with Crippen LogP contribution >= 0.6 is 11.3 Å². The normalized spacial score (nSPS) is 23.4. The second-order valence-corrected chi connectivity index (χ2v) is 6.75. The third kappa shape index (κ3) is 2.69. The minimum atomic E-state index is -0.614. The van der Waals surface area contributed by atoms with Gasteiger partial charge in [-0.15, -0.1) is 11.3 Å². The van der Waals surface area contributed by atoms with Crippen LogP contribution in [-0.2, 0) is 6.42 Å². The van der Waals surface area contributed by atoms with E-state index in [1.807, 2.05) is 6.92 Å². The van der Waals surface area contributed by atoms with E-state index in [-0.39, 0.29) is 0 Å². The van der Waals surface area contributed by atoms with Crippen molar-refractivity contribution < 1.29 is 5.11 Å². The van der Waals surface area contributed by atoms with Crippen molar-refractivity contribution in [1.82, 2.24) is 5.32 Å². The van der Waals surface area contributed by atoms with Gasteiger partial charge >= 0.3 is 0 Å². The smallest absolute Gasteiger partial charge is 0.0700 e. The Morgan fingerprint density at radius 1 is 1.42 bits per heavy atom. The summed E-state index contributed by atoms with van der Waals surface area (Å²) >= 11 is 1.77. The summed E-state index contributed by atoms with van der Waals surface area (Å²) in [6, 6.07) is 8.47. The number of thiophene rings is 1. The first-order chi connectivity index (χ1) is 9.17. The van der Waals surface area contributed by atoms with E-state index in [9.17, 15) is 5.11 Å². The lowest BCUT2D eigenvalue weighted by atomic mass is 9.79. The molecule has 0 saturated carbocycles. The van der Waals surface area contributed by atoms with E-state index in [1.54, 1.807) is 11.3 Å². The van der Waals surface area contributed by atoms with Gasteiger partial charge < -0.3 is 10.4 Å². The summed E-state index contributed by atoms with van der Waals surface area (Å²) < 4.78 is 1.31. The van der Waals surface area contributed by atoms with Gasteiger partial charge in [-0.25, -0.2) is 0 Å². The maximum atomic E-state index is 10.8. The van der Waals surface area contributed by atoms with Gasteiger partial charge in [0.25, 0.3) is 0 Å². The van der Waals surface area contributed by atoms with Gasteiger partial charge in [-0.1, -0.05) is 18.2 Å². The first-order valence-corrected chi connectivity index (χ1v) is 7.93. The number of rotatable bonds is 3. The number of piperidine rings is 1. The third-order valence-corrected chi connectivity index (χ3v) is 5.30. The maximum absolute atomic E-state index is 10.8. The van der Waals surface area contributed by atoms with Crippen LogP contribution in [0.3, 0.4) is 0 Å². The van der Waals surface area contributed by atoms with E-state index in [2.05, 4.69) is 35.0 Å². The molecule has 0 aliphatic carbocycles. The van der Waals surface area contributed by atoms with Crippen LogP contribution in [0.2, 0.25) is 0 Å².